The lowest BCUT2D eigenvalue weighted by molar-refractivity contribution is -0.126. The molecular formula is C12H26N2O2. The first-order valence-electron chi connectivity index (χ1n) is 5.84. The molecular weight excluding hydrogens is 204 g/mol. The first kappa shape index (κ1) is 15.4. The molecule has 0 radical (unpaired) electrons. The lowest BCUT2D eigenvalue weighted by atomic mass is 9.89. The highest BCUT2D eigenvalue weighted by atomic mass is 16.3. The van der Waals surface area contributed by atoms with E-state index in [-0.39, 0.29) is 17.9 Å². The van der Waals surface area contributed by atoms with Gasteiger partial charge in [0.15, 0.2) is 0 Å². The van der Waals surface area contributed by atoms with Crippen molar-refractivity contribution in [1.82, 2.24) is 5.32 Å². The summed E-state index contributed by atoms with van der Waals surface area (Å²) in [6.45, 7) is 9.98. The van der Waals surface area contributed by atoms with Crippen LogP contribution in [0.2, 0.25) is 0 Å². The number of carbonyl (C=O) groups excluding carboxylic acids is 1. The van der Waals surface area contributed by atoms with Gasteiger partial charge in [0.25, 0.3) is 0 Å². The van der Waals surface area contributed by atoms with E-state index in [4.69, 9.17) is 5.73 Å². The molecule has 0 saturated carbocycles. The van der Waals surface area contributed by atoms with Gasteiger partial charge in [-0.15, -0.1) is 0 Å². The Hall–Kier alpha value is -0.610. The van der Waals surface area contributed by atoms with Crippen LogP contribution in [0.1, 0.15) is 47.5 Å². The van der Waals surface area contributed by atoms with Crippen molar-refractivity contribution in [2.75, 3.05) is 6.54 Å². The maximum absolute atomic E-state index is 11.6. The summed E-state index contributed by atoms with van der Waals surface area (Å²) in [6.07, 6.45) is 0.714. The maximum atomic E-state index is 11.6. The van der Waals surface area contributed by atoms with E-state index in [1.54, 1.807) is 6.92 Å². The Labute approximate surface area is 98.6 Å². The molecule has 0 aliphatic rings. The van der Waals surface area contributed by atoms with E-state index in [0.717, 1.165) is 0 Å². The van der Waals surface area contributed by atoms with Crippen LogP contribution in [0.15, 0.2) is 0 Å². The first-order valence-corrected chi connectivity index (χ1v) is 5.84. The average molecular weight is 230 g/mol. The van der Waals surface area contributed by atoms with E-state index < -0.39 is 11.6 Å². The second-order valence-corrected chi connectivity index (χ2v) is 5.90. The minimum absolute atomic E-state index is 0.0565. The van der Waals surface area contributed by atoms with Gasteiger partial charge >= 0.3 is 0 Å². The lowest BCUT2D eigenvalue weighted by Crippen LogP contribution is -2.52. The van der Waals surface area contributed by atoms with Gasteiger partial charge < -0.3 is 16.2 Å². The molecule has 0 aromatic rings. The third-order valence-electron chi connectivity index (χ3n) is 2.60. The number of carbonyl (C=O) groups is 1. The molecule has 0 aromatic carbocycles. The highest BCUT2D eigenvalue weighted by molar-refractivity contribution is 5.85. The van der Waals surface area contributed by atoms with Crippen LogP contribution in [-0.4, -0.2) is 29.2 Å². The molecule has 0 rings (SSSR count). The summed E-state index contributed by atoms with van der Waals surface area (Å²) in [5.74, 6) is -0.206. The van der Waals surface area contributed by atoms with Crippen LogP contribution >= 0.6 is 0 Å². The van der Waals surface area contributed by atoms with Crippen molar-refractivity contribution in [2.45, 2.75) is 59.1 Å². The summed E-state index contributed by atoms with van der Waals surface area (Å²) in [5, 5.41) is 12.4. The number of amides is 1. The largest absolute Gasteiger partial charge is 0.391 e. The Morgan fingerprint density at radius 2 is 1.88 bits per heavy atom. The fraction of sp³-hybridized carbons (Fsp3) is 0.917. The summed E-state index contributed by atoms with van der Waals surface area (Å²) >= 11 is 0. The molecule has 4 nitrogen and oxygen atoms in total. The standard InChI is InChI=1S/C12H26N2O2/c1-6-12(5,13)10(16)14-8-9(15)7-11(2,3)4/h9,15H,6-8,13H2,1-5H3,(H,14,16). The van der Waals surface area contributed by atoms with Gasteiger partial charge in [0.05, 0.1) is 11.6 Å². The molecule has 0 spiro atoms. The van der Waals surface area contributed by atoms with Crippen molar-refractivity contribution in [3.8, 4) is 0 Å². The monoisotopic (exact) mass is 230 g/mol. The molecule has 0 aliphatic heterocycles. The van der Waals surface area contributed by atoms with E-state index >= 15 is 0 Å². The van der Waals surface area contributed by atoms with Crippen LogP contribution < -0.4 is 11.1 Å². The van der Waals surface area contributed by atoms with Crippen molar-refractivity contribution in [1.29, 1.82) is 0 Å². The smallest absolute Gasteiger partial charge is 0.239 e. The quantitative estimate of drug-likeness (QED) is 0.660. The summed E-state index contributed by atoms with van der Waals surface area (Å²) in [6, 6.07) is 0. The number of nitrogens with one attached hydrogen (secondary N) is 1. The van der Waals surface area contributed by atoms with E-state index in [9.17, 15) is 9.90 Å². The number of aliphatic hydroxyl groups excluding tert-OH is 1. The second kappa shape index (κ2) is 5.64. The van der Waals surface area contributed by atoms with Crippen molar-refractivity contribution < 1.29 is 9.90 Å². The van der Waals surface area contributed by atoms with Crippen LogP contribution in [0.3, 0.4) is 0 Å². The molecule has 96 valence electrons. The minimum Gasteiger partial charge on any atom is -0.391 e. The normalized spacial score (nSPS) is 17.7. The zero-order valence-corrected chi connectivity index (χ0v) is 11.1. The fourth-order valence-electron chi connectivity index (χ4n) is 1.35. The lowest BCUT2D eigenvalue weighted by Gasteiger charge is -2.25. The zero-order chi connectivity index (χ0) is 13.0. The van der Waals surface area contributed by atoms with E-state index in [1.807, 2.05) is 6.92 Å². The Kier molecular flexibility index (Phi) is 5.42. The highest BCUT2D eigenvalue weighted by Crippen LogP contribution is 2.20. The van der Waals surface area contributed by atoms with Crippen molar-refractivity contribution in [2.24, 2.45) is 11.1 Å². The maximum Gasteiger partial charge on any atom is 0.239 e. The number of hydrogen-bond donors (Lipinski definition) is 3. The van der Waals surface area contributed by atoms with Crippen LogP contribution in [0.25, 0.3) is 0 Å². The summed E-state index contributed by atoms with van der Waals surface area (Å²) < 4.78 is 0. The molecule has 1 amide bonds. The van der Waals surface area contributed by atoms with Crippen LogP contribution in [0, 0.1) is 5.41 Å². The molecule has 2 atom stereocenters. The molecule has 16 heavy (non-hydrogen) atoms. The molecule has 0 aromatic heterocycles. The Balaban J connectivity index is 4.02. The van der Waals surface area contributed by atoms with Gasteiger partial charge in [0.1, 0.15) is 0 Å². The van der Waals surface area contributed by atoms with Gasteiger partial charge in [-0.3, -0.25) is 4.79 Å². The summed E-state index contributed by atoms with van der Waals surface area (Å²) in [5.41, 5.74) is 4.99. The molecule has 0 heterocycles. The van der Waals surface area contributed by atoms with Gasteiger partial charge in [0.2, 0.25) is 5.91 Å². The van der Waals surface area contributed by atoms with Gasteiger partial charge in [-0.1, -0.05) is 27.7 Å². The van der Waals surface area contributed by atoms with Crippen LogP contribution in [0.5, 0.6) is 0 Å². The molecule has 0 aliphatic carbocycles. The van der Waals surface area contributed by atoms with Crippen molar-refractivity contribution in [3.63, 3.8) is 0 Å². The molecule has 0 bridgehead atoms. The predicted molar refractivity (Wildman–Crippen MR) is 66.0 cm³/mol. The number of nitrogens with two attached hydrogens (primary N) is 1. The molecule has 2 unspecified atom stereocenters. The van der Waals surface area contributed by atoms with E-state index in [1.165, 1.54) is 0 Å². The number of aliphatic hydroxyl groups is 1. The van der Waals surface area contributed by atoms with Gasteiger partial charge in [-0.25, -0.2) is 0 Å². The Bertz CT molecular complexity index is 232. The molecule has 4 N–H and O–H groups in total. The average Bonchev–Trinajstić information content (AvgIpc) is 2.11. The van der Waals surface area contributed by atoms with Crippen molar-refractivity contribution in [3.05, 3.63) is 0 Å². The third kappa shape index (κ3) is 6.08. The van der Waals surface area contributed by atoms with Gasteiger partial charge in [-0.05, 0) is 25.2 Å². The fourth-order valence-corrected chi connectivity index (χ4v) is 1.35. The Morgan fingerprint density at radius 3 is 2.25 bits per heavy atom. The topological polar surface area (TPSA) is 75.4 Å². The van der Waals surface area contributed by atoms with Gasteiger partial charge in [-0.2, -0.15) is 0 Å². The van der Waals surface area contributed by atoms with E-state index in [0.29, 0.717) is 12.8 Å². The van der Waals surface area contributed by atoms with Crippen LogP contribution in [0.4, 0.5) is 0 Å². The summed E-state index contributed by atoms with van der Waals surface area (Å²) in [7, 11) is 0. The predicted octanol–water partition coefficient (Wildman–Crippen LogP) is 1.03. The van der Waals surface area contributed by atoms with E-state index in [2.05, 4.69) is 26.1 Å². The summed E-state index contributed by atoms with van der Waals surface area (Å²) in [4.78, 5) is 11.6. The minimum atomic E-state index is -0.846. The van der Waals surface area contributed by atoms with Crippen LogP contribution in [-0.2, 0) is 4.79 Å². The van der Waals surface area contributed by atoms with Crippen molar-refractivity contribution >= 4 is 5.91 Å². The number of rotatable bonds is 5. The molecule has 0 saturated heterocycles. The first-order chi connectivity index (χ1) is 7.08. The Morgan fingerprint density at radius 1 is 1.38 bits per heavy atom. The second-order valence-electron chi connectivity index (χ2n) is 5.90. The zero-order valence-electron chi connectivity index (χ0n) is 11.1. The number of hydrogen-bond acceptors (Lipinski definition) is 3. The van der Waals surface area contributed by atoms with Gasteiger partial charge in [0, 0.05) is 6.54 Å². The molecule has 0 fully saturated rings. The SMILES string of the molecule is CCC(C)(N)C(=O)NCC(O)CC(C)(C)C. The third-order valence-corrected chi connectivity index (χ3v) is 2.60. The molecule has 4 heteroatoms. The highest BCUT2D eigenvalue weighted by Gasteiger charge is 2.26.